The quantitative estimate of drug-likeness (QED) is 0.749. The molecule has 16 heavy (non-hydrogen) atoms. The van der Waals surface area contributed by atoms with Gasteiger partial charge in [-0.1, -0.05) is 12.1 Å². The fourth-order valence-electron chi connectivity index (χ4n) is 1.43. The molecule has 0 amide bonds. The second kappa shape index (κ2) is 6.51. The van der Waals surface area contributed by atoms with E-state index >= 15 is 0 Å². The van der Waals surface area contributed by atoms with E-state index in [0.717, 1.165) is 24.3 Å². The molecule has 0 aliphatic carbocycles. The summed E-state index contributed by atoms with van der Waals surface area (Å²) in [5.41, 5.74) is 0.894. The zero-order valence-corrected chi connectivity index (χ0v) is 10.3. The fraction of sp³-hybridized carbons (Fsp3) is 0.538. The predicted octanol–water partition coefficient (Wildman–Crippen LogP) is 2.07. The topological polar surface area (TPSA) is 32.7 Å². The normalized spacial score (nSPS) is 12.8. The molecule has 0 heterocycles. The maximum atomic E-state index is 9.43. The van der Waals surface area contributed by atoms with Crippen LogP contribution in [0.2, 0.25) is 0 Å². The lowest BCUT2D eigenvalue weighted by atomic mass is 10.1. The van der Waals surface area contributed by atoms with Crippen molar-refractivity contribution in [3.8, 4) is 5.75 Å². The zero-order valence-electron chi connectivity index (χ0n) is 10.3. The Morgan fingerprint density at radius 3 is 2.75 bits per heavy atom. The van der Waals surface area contributed by atoms with Gasteiger partial charge >= 0.3 is 0 Å². The number of aliphatic hydroxyl groups excluding tert-OH is 1. The van der Waals surface area contributed by atoms with Crippen molar-refractivity contribution in [1.82, 2.24) is 4.90 Å². The van der Waals surface area contributed by atoms with Crippen LogP contribution in [0.5, 0.6) is 5.75 Å². The number of aliphatic hydroxyl groups is 1. The molecule has 0 radical (unpaired) electrons. The van der Waals surface area contributed by atoms with Crippen molar-refractivity contribution >= 4 is 0 Å². The first kappa shape index (κ1) is 13.0. The number of hydrogen-bond acceptors (Lipinski definition) is 3. The van der Waals surface area contributed by atoms with Crippen molar-refractivity contribution in [2.24, 2.45) is 0 Å². The van der Waals surface area contributed by atoms with Gasteiger partial charge in [-0.25, -0.2) is 0 Å². The third kappa shape index (κ3) is 4.64. The minimum atomic E-state index is -0.440. The van der Waals surface area contributed by atoms with E-state index in [1.54, 1.807) is 6.92 Å². The van der Waals surface area contributed by atoms with Crippen LogP contribution in [0.4, 0.5) is 0 Å². The van der Waals surface area contributed by atoms with Crippen LogP contribution in [0.25, 0.3) is 0 Å². The SMILES string of the molecule is C[C@@H](O)c1cccc(OCCCN(C)C)c1. The highest BCUT2D eigenvalue weighted by molar-refractivity contribution is 5.29. The molecule has 0 spiro atoms. The fourth-order valence-corrected chi connectivity index (χ4v) is 1.43. The summed E-state index contributed by atoms with van der Waals surface area (Å²) in [4.78, 5) is 2.13. The molecule has 1 atom stereocenters. The lowest BCUT2D eigenvalue weighted by Gasteiger charge is -2.11. The van der Waals surface area contributed by atoms with Crippen LogP contribution >= 0.6 is 0 Å². The minimum absolute atomic E-state index is 0.440. The maximum Gasteiger partial charge on any atom is 0.119 e. The molecule has 3 heteroatoms. The number of hydrogen-bond donors (Lipinski definition) is 1. The standard InChI is InChI=1S/C13H21NO2/c1-11(15)12-6-4-7-13(10-12)16-9-5-8-14(2)3/h4,6-7,10-11,15H,5,8-9H2,1-3H3/t11-/m1/s1. The molecule has 0 aromatic heterocycles. The molecule has 0 unspecified atom stereocenters. The first-order valence-corrected chi connectivity index (χ1v) is 5.65. The highest BCUT2D eigenvalue weighted by Crippen LogP contribution is 2.18. The second-order valence-electron chi connectivity index (χ2n) is 4.25. The zero-order chi connectivity index (χ0) is 12.0. The summed E-state index contributed by atoms with van der Waals surface area (Å²) in [6.07, 6.45) is 0.566. The molecular weight excluding hydrogens is 202 g/mol. The van der Waals surface area contributed by atoms with E-state index in [9.17, 15) is 5.11 Å². The van der Waals surface area contributed by atoms with E-state index in [1.807, 2.05) is 38.4 Å². The van der Waals surface area contributed by atoms with Crippen LogP contribution in [0.3, 0.4) is 0 Å². The van der Waals surface area contributed by atoms with E-state index in [0.29, 0.717) is 6.61 Å². The van der Waals surface area contributed by atoms with E-state index < -0.39 is 6.10 Å². The smallest absolute Gasteiger partial charge is 0.119 e. The van der Waals surface area contributed by atoms with Gasteiger partial charge in [0.15, 0.2) is 0 Å². The Bertz CT molecular complexity index is 311. The lowest BCUT2D eigenvalue weighted by Crippen LogP contribution is -2.15. The average molecular weight is 223 g/mol. The molecule has 1 aromatic rings. The summed E-state index contributed by atoms with van der Waals surface area (Å²) in [6, 6.07) is 7.61. The third-order valence-corrected chi connectivity index (χ3v) is 2.36. The number of ether oxygens (including phenoxy) is 1. The van der Waals surface area contributed by atoms with Gasteiger partial charge < -0.3 is 14.7 Å². The van der Waals surface area contributed by atoms with Gasteiger partial charge in [-0.2, -0.15) is 0 Å². The molecule has 1 aromatic carbocycles. The molecule has 0 fully saturated rings. The van der Waals surface area contributed by atoms with Crippen LogP contribution < -0.4 is 4.74 Å². The van der Waals surface area contributed by atoms with Gasteiger partial charge in [0.1, 0.15) is 5.75 Å². The maximum absolute atomic E-state index is 9.43. The van der Waals surface area contributed by atoms with Gasteiger partial charge in [-0.15, -0.1) is 0 Å². The second-order valence-corrected chi connectivity index (χ2v) is 4.25. The molecular formula is C13H21NO2. The monoisotopic (exact) mass is 223 g/mol. The molecule has 90 valence electrons. The summed E-state index contributed by atoms with van der Waals surface area (Å²) in [5.74, 6) is 0.831. The molecule has 0 aliphatic heterocycles. The number of benzene rings is 1. The highest BCUT2D eigenvalue weighted by Gasteiger charge is 2.02. The van der Waals surface area contributed by atoms with Crippen LogP contribution in [-0.2, 0) is 0 Å². The van der Waals surface area contributed by atoms with Gasteiger partial charge in [0.2, 0.25) is 0 Å². The molecule has 0 saturated heterocycles. The van der Waals surface area contributed by atoms with Crippen LogP contribution in [0.15, 0.2) is 24.3 Å². The Morgan fingerprint density at radius 2 is 2.12 bits per heavy atom. The summed E-state index contributed by atoms with van der Waals surface area (Å²) < 4.78 is 5.61. The Balaban J connectivity index is 2.39. The Morgan fingerprint density at radius 1 is 1.38 bits per heavy atom. The van der Waals surface area contributed by atoms with E-state index in [1.165, 1.54) is 0 Å². The summed E-state index contributed by atoms with van der Waals surface area (Å²) in [6.45, 7) is 3.49. The largest absolute Gasteiger partial charge is 0.494 e. The van der Waals surface area contributed by atoms with Crippen LogP contribution in [0, 0.1) is 0 Å². The molecule has 0 aliphatic rings. The van der Waals surface area contributed by atoms with Crippen molar-refractivity contribution in [2.75, 3.05) is 27.2 Å². The van der Waals surface area contributed by atoms with Gasteiger partial charge in [-0.05, 0) is 45.1 Å². The molecule has 1 rings (SSSR count). The Labute approximate surface area is 97.7 Å². The van der Waals surface area contributed by atoms with Crippen LogP contribution in [-0.4, -0.2) is 37.3 Å². The summed E-state index contributed by atoms with van der Waals surface area (Å²) >= 11 is 0. The van der Waals surface area contributed by atoms with Crippen LogP contribution in [0.1, 0.15) is 25.0 Å². The predicted molar refractivity (Wildman–Crippen MR) is 65.7 cm³/mol. The average Bonchev–Trinajstić information content (AvgIpc) is 2.24. The Hall–Kier alpha value is -1.06. The van der Waals surface area contributed by atoms with Crippen molar-refractivity contribution in [1.29, 1.82) is 0 Å². The summed E-state index contributed by atoms with van der Waals surface area (Å²) in [7, 11) is 4.10. The Kier molecular flexibility index (Phi) is 5.29. The first-order chi connectivity index (χ1) is 7.59. The van der Waals surface area contributed by atoms with Crippen molar-refractivity contribution in [3.63, 3.8) is 0 Å². The third-order valence-electron chi connectivity index (χ3n) is 2.36. The van der Waals surface area contributed by atoms with Gasteiger partial charge in [0.05, 0.1) is 12.7 Å². The van der Waals surface area contributed by atoms with Crippen molar-refractivity contribution < 1.29 is 9.84 Å². The highest BCUT2D eigenvalue weighted by atomic mass is 16.5. The molecule has 0 saturated carbocycles. The summed E-state index contributed by atoms with van der Waals surface area (Å²) in [5, 5.41) is 9.43. The molecule has 3 nitrogen and oxygen atoms in total. The number of nitrogens with zero attached hydrogens (tertiary/aromatic N) is 1. The van der Waals surface area contributed by atoms with Crippen molar-refractivity contribution in [3.05, 3.63) is 29.8 Å². The number of rotatable bonds is 6. The van der Waals surface area contributed by atoms with Gasteiger partial charge in [0, 0.05) is 6.54 Å². The van der Waals surface area contributed by atoms with E-state index in [2.05, 4.69) is 4.90 Å². The first-order valence-electron chi connectivity index (χ1n) is 5.65. The van der Waals surface area contributed by atoms with Crippen molar-refractivity contribution in [2.45, 2.75) is 19.4 Å². The van der Waals surface area contributed by atoms with E-state index in [-0.39, 0.29) is 0 Å². The lowest BCUT2D eigenvalue weighted by molar-refractivity contribution is 0.198. The van der Waals surface area contributed by atoms with Gasteiger partial charge in [0.25, 0.3) is 0 Å². The molecule has 0 bridgehead atoms. The van der Waals surface area contributed by atoms with E-state index in [4.69, 9.17) is 4.74 Å². The van der Waals surface area contributed by atoms with Gasteiger partial charge in [-0.3, -0.25) is 0 Å². The molecule has 1 N–H and O–H groups in total. The minimum Gasteiger partial charge on any atom is -0.494 e.